The van der Waals surface area contributed by atoms with E-state index in [1.807, 2.05) is 19.1 Å². The van der Waals surface area contributed by atoms with E-state index in [-0.39, 0.29) is 10.7 Å². The molecule has 1 aromatic carbocycles. The molecular weight excluding hydrogens is 274 g/mol. The molecule has 0 atom stereocenters. The molecular formula is C14H13N3O2S. The lowest BCUT2D eigenvalue weighted by molar-refractivity contribution is 0.601. The summed E-state index contributed by atoms with van der Waals surface area (Å²) in [6.45, 7) is 1.98. The maximum atomic E-state index is 12.2. The Hall–Kier alpha value is -2.39. The van der Waals surface area contributed by atoms with Gasteiger partial charge in [-0.3, -0.25) is 4.72 Å². The van der Waals surface area contributed by atoms with E-state index >= 15 is 0 Å². The van der Waals surface area contributed by atoms with Gasteiger partial charge < -0.3 is 0 Å². The van der Waals surface area contributed by atoms with E-state index in [9.17, 15) is 8.42 Å². The van der Waals surface area contributed by atoms with Crippen LogP contribution in [-0.4, -0.2) is 13.4 Å². The summed E-state index contributed by atoms with van der Waals surface area (Å²) in [6, 6.07) is 11.3. The van der Waals surface area contributed by atoms with Crippen LogP contribution in [0, 0.1) is 11.3 Å². The smallest absolute Gasteiger partial charge is 0.263 e. The zero-order valence-corrected chi connectivity index (χ0v) is 11.7. The van der Waals surface area contributed by atoms with Crippen molar-refractivity contribution in [2.75, 3.05) is 4.72 Å². The van der Waals surface area contributed by atoms with Crippen molar-refractivity contribution in [1.29, 1.82) is 5.26 Å². The van der Waals surface area contributed by atoms with Crippen LogP contribution < -0.4 is 4.72 Å². The highest BCUT2D eigenvalue weighted by atomic mass is 32.2. The number of nitrogens with one attached hydrogen (secondary N) is 1. The Balaban J connectivity index is 2.33. The van der Waals surface area contributed by atoms with Crippen LogP contribution in [0.25, 0.3) is 0 Å². The normalized spacial score (nSPS) is 10.8. The number of hydrogen-bond donors (Lipinski definition) is 1. The first kappa shape index (κ1) is 14.0. The second kappa shape index (κ2) is 5.72. The highest BCUT2D eigenvalue weighted by Crippen LogP contribution is 2.16. The minimum absolute atomic E-state index is 0.0419. The van der Waals surface area contributed by atoms with Crippen LogP contribution in [0.15, 0.2) is 47.5 Å². The van der Waals surface area contributed by atoms with Gasteiger partial charge in [-0.05, 0) is 42.3 Å². The minimum atomic E-state index is -3.73. The van der Waals surface area contributed by atoms with Crippen molar-refractivity contribution >= 4 is 15.8 Å². The molecule has 0 unspecified atom stereocenters. The number of pyridine rings is 1. The van der Waals surface area contributed by atoms with Crippen LogP contribution in [0.2, 0.25) is 0 Å². The number of aromatic nitrogens is 1. The molecule has 0 aliphatic rings. The highest BCUT2D eigenvalue weighted by Gasteiger charge is 2.15. The summed E-state index contributed by atoms with van der Waals surface area (Å²) < 4.78 is 26.8. The van der Waals surface area contributed by atoms with Crippen LogP contribution in [0.1, 0.15) is 18.1 Å². The molecule has 0 saturated heterocycles. The molecule has 5 nitrogen and oxygen atoms in total. The Morgan fingerprint density at radius 1 is 1.30 bits per heavy atom. The van der Waals surface area contributed by atoms with Crippen molar-refractivity contribution in [3.8, 4) is 6.07 Å². The number of benzene rings is 1. The largest absolute Gasteiger partial charge is 0.263 e. The molecule has 2 aromatic rings. The van der Waals surface area contributed by atoms with E-state index < -0.39 is 10.0 Å². The van der Waals surface area contributed by atoms with Crippen molar-refractivity contribution in [1.82, 2.24) is 4.98 Å². The molecule has 1 heterocycles. The van der Waals surface area contributed by atoms with Crippen LogP contribution in [-0.2, 0) is 16.4 Å². The Labute approximate surface area is 118 Å². The fourth-order valence-electron chi connectivity index (χ4n) is 1.68. The Morgan fingerprint density at radius 2 is 2.10 bits per heavy atom. The first-order valence-electron chi connectivity index (χ1n) is 6.03. The van der Waals surface area contributed by atoms with E-state index in [1.165, 1.54) is 18.2 Å². The molecule has 0 aliphatic carbocycles. The first-order chi connectivity index (χ1) is 9.55. The van der Waals surface area contributed by atoms with E-state index in [0.29, 0.717) is 5.56 Å². The SMILES string of the molecule is CCc1ccnc(NS(=O)(=O)c2cccc(C#N)c2)c1. The third-order valence-electron chi connectivity index (χ3n) is 2.74. The third-order valence-corrected chi connectivity index (χ3v) is 4.10. The zero-order chi connectivity index (χ0) is 14.6. The van der Waals surface area contributed by atoms with Gasteiger partial charge in [-0.15, -0.1) is 0 Å². The van der Waals surface area contributed by atoms with Gasteiger partial charge in [0.15, 0.2) is 0 Å². The molecule has 1 N–H and O–H groups in total. The summed E-state index contributed by atoms with van der Waals surface area (Å²) in [6.07, 6.45) is 2.35. The second-order valence-corrected chi connectivity index (χ2v) is 5.83. The Kier molecular flexibility index (Phi) is 4.01. The molecule has 0 amide bonds. The van der Waals surface area contributed by atoms with Gasteiger partial charge in [0.2, 0.25) is 0 Å². The maximum absolute atomic E-state index is 12.2. The number of sulfonamides is 1. The highest BCUT2D eigenvalue weighted by molar-refractivity contribution is 7.92. The van der Waals surface area contributed by atoms with E-state index in [0.717, 1.165) is 12.0 Å². The van der Waals surface area contributed by atoms with Crippen LogP contribution >= 0.6 is 0 Å². The summed E-state index contributed by atoms with van der Waals surface area (Å²) in [4.78, 5) is 4.03. The molecule has 0 bridgehead atoms. The average Bonchev–Trinajstić information content (AvgIpc) is 2.47. The van der Waals surface area contributed by atoms with Crippen molar-refractivity contribution < 1.29 is 8.42 Å². The number of hydrogen-bond acceptors (Lipinski definition) is 4. The van der Waals surface area contributed by atoms with E-state index in [2.05, 4.69) is 9.71 Å². The van der Waals surface area contributed by atoms with Gasteiger partial charge in [-0.25, -0.2) is 13.4 Å². The van der Waals surface area contributed by atoms with Gasteiger partial charge >= 0.3 is 0 Å². The van der Waals surface area contributed by atoms with Gasteiger partial charge in [0.25, 0.3) is 10.0 Å². The number of nitriles is 1. The molecule has 20 heavy (non-hydrogen) atoms. The second-order valence-electron chi connectivity index (χ2n) is 4.15. The fraction of sp³-hybridized carbons (Fsp3) is 0.143. The quantitative estimate of drug-likeness (QED) is 0.935. The predicted octanol–water partition coefficient (Wildman–Crippen LogP) is 2.32. The Morgan fingerprint density at radius 3 is 2.80 bits per heavy atom. The predicted molar refractivity (Wildman–Crippen MR) is 75.6 cm³/mol. The number of aryl methyl sites for hydroxylation is 1. The summed E-state index contributed by atoms with van der Waals surface area (Å²) >= 11 is 0. The fourth-order valence-corrected chi connectivity index (χ4v) is 2.72. The van der Waals surface area contributed by atoms with Crippen molar-refractivity contribution in [2.24, 2.45) is 0 Å². The maximum Gasteiger partial charge on any atom is 0.263 e. The van der Waals surface area contributed by atoms with Crippen LogP contribution in [0.3, 0.4) is 0 Å². The standard InChI is InChI=1S/C14H13N3O2S/c1-2-11-6-7-16-14(9-11)17-20(18,19)13-5-3-4-12(8-13)10-15/h3-9H,2H2,1H3,(H,16,17). The summed E-state index contributed by atoms with van der Waals surface area (Å²) in [5.74, 6) is 0.270. The molecule has 102 valence electrons. The molecule has 6 heteroatoms. The summed E-state index contributed by atoms with van der Waals surface area (Å²) in [5, 5.41) is 8.81. The van der Waals surface area contributed by atoms with E-state index in [4.69, 9.17) is 5.26 Å². The molecule has 0 radical (unpaired) electrons. The molecule has 2 rings (SSSR count). The van der Waals surface area contributed by atoms with Crippen LogP contribution in [0.4, 0.5) is 5.82 Å². The summed E-state index contributed by atoms with van der Waals surface area (Å²) in [5.41, 5.74) is 1.28. The van der Waals surface area contributed by atoms with Gasteiger partial charge in [0, 0.05) is 6.20 Å². The van der Waals surface area contributed by atoms with Crippen molar-refractivity contribution in [3.63, 3.8) is 0 Å². The topological polar surface area (TPSA) is 82.8 Å². The molecule has 0 saturated carbocycles. The number of nitrogens with zero attached hydrogens (tertiary/aromatic N) is 2. The lowest BCUT2D eigenvalue weighted by atomic mass is 10.2. The van der Waals surface area contributed by atoms with Gasteiger partial charge in [0.1, 0.15) is 5.82 Å². The molecule has 0 spiro atoms. The van der Waals surface area contributed by atoms with Crippen molar-refractivity contribution in [3.05, 3.63) is 53.7 Å². The lowest BCUT2D eigenvalue weighted by Crippen LogP contribution is -2.14. The van der Waals surface area contributed by atoms with Gasteiger partial charge in [-0.1, -0.05) is 13.0 Å². The first-order valence-corrected chi connectivity index (χ1v) is 7.51. The third kappa shape index (κ3) is 3.13. The Bertz CT molecular complexity index is 764. The lowest BCUT2D eigenvalue weighted by Gasteiger charge is -2.08. The van der Waals surface area contributed by atoms with E-state index in [1.54, 1.807) is 18.3 Å². The van der Waals surface area contributed by atoms with Crippen LogP contribution in [0.5, 0.6) is 0 Å². The minimum Gasteiger partial charge on any atom is -0.263 e. The monoisotopic (exact) mass is 287 g/mol. The molecule has 0 fully saturated rings. The van der Waals surface area contributed by atoms with Gasteiger partial charge in [0.05, 0.1) is 16.5 Å². The molecule has 0 aliphatic heterocycles. The number of anilines is 1. The zero-order valence-electron chi connectivity index (χ0n) is 10.9. The average molecular weight is 287 g/mol. The molecule has 1 aromatic heterocycles. The number of rotatable bonds is 4. The summed E-state index contributed by atoms with van der Waals surface area (Å²) in [7, 11) is -3.73. The van der Waals surface area contributed by atoms with Crippen molar-refractivity contribution in [2.45, 2.75) is 18.2 Å². The van der Waals surface area contributed by atoms with Gasteiger partial charge in [-0.2, -0.15) is 5.26 Å².